The normalized spacial score (nSPS) is 37.3. The Morgan fingerprint density at radius 1 is 1.22 bits per heavy atom. The van der Waals surface area contributed by atoms with Crippen molar-refractivity contribution in [1.82, 2.24) is 10.2 Å². The van der Waals surface area contributed by atoms with Crippen molar-refractivity contribution in [3.63, 3.8) is 0 Å². The molecule has 0 amide bonds. The highest BCUT2D eigenvalue weighted by atomic mass is 32.2. The van der Waals surface area contributed by atoms with Gasteiger partial charge in [0.05, 0.1) is 5.60 Å². The molecule has 4 rings (SSSR count). The van der Waals surface area contributed by atoms with Gasteiger partial charge in [-0.1, -0.05) is 30.3 Å². The molecular formula is C19H28N2OS. The number of benzene rings is 1. The quantitative estimate of drug-likeness (QED) is 0.868. The first-order valence-electron chi connectivity index (χ1n) is 9.02. The van der Waals surface area contributed by atoms with Crippen LogP contribution in [0.3, 0.4) is 0 Å². The van der Waals surface area contributed by atoms with Crippen LogP contribution in [0.1, 0.15) is 24.8 Å². The third-order valence-corrected chi connectivity index (χ3v) is 7.19. The third-order valence-electron chi connectivity index (χ3n) is 5.96. The lowest BCUT2D eigenvalue weighted by Gasteiger charge is -2.27. The first-order chi connectivity index (χ1) is 11.2. The number of hydrogen-bond acceptors (Lipinski definition) is 4. The van der Waals surface area contributed by atoms with Crippen molar-refractivity contribution in [2.45, 2.75) is 37.5 Å². The Hall–Kier alpha value is -0.550. The summed E-state index contributed by atoms with van der Waals surface area (Å²) < 4.78 is 0. The van der Waals surface area contributed by atoms with E-state index in [0.717, 1.165) is 42.9 Å². The second-order valence-corrected chi connectivity index (χ2v) is 8.80. The summed E-state index contributed by atoms with van der Waals surface area (Å²) in [5.41, 5.74) is 0.972. The van der Waals surface area contributed by atoms with Crippen LogP contribution in [0.15, 0.2) is 30.3 Å². The van der Waals surface area contributed by atoms with Crippen molar-refractivity contribution >= 4 is 11.8 Å². The molecule has 1 saturated carbocycles. The van der Waals surface area contributed by atoms with Gasteiger partial charge >= 0.3 is 0 Å². The third kappa shape index (κ3) is 3.60. The van der Waals surface area contributed by atoms with Crippen LogP contribution >= 0.6 is 11.8 Å². The molecule has 2 saturated heterocycles. The highest BCUT2D eigenvalue weighted by Crippen LogP contribution is 2.39. The number of nitrogens with one attached hydrogen (secondary N) is 1. The second kappa shape index (κ2) is 6.75. The first kappa shape index (κ1) is 15.9. The Morgan fingerprint density at radius 2 is 2.09 bits per heavy atom. The summed E-state index contributed by atoms with van der Waals surface area (Å²) in [6, 6.07) is 11.4. The first-order valence-corrected chi connectivity index (χ1v) is 10.2. The smallest absolute Gasteiger partial charge is 0.0869 e. The van der Waals surface area contributed by atoms with E-state index in [2.05, 4.69) is 40.5 Å². The predicted octanol–water partition coefficient (Wildman–Crippen LogP) is 2.35. The van der Waals surface area contributed by atoms with Crippen LogP contribution < -0.4 is 5.32 Å². The zero-order valence-corrected chi connectivity index (χ0v) is 14.6. The molecule has 4 heteroatoms. The van der Waals surface area contributed by atoms with E-state index in [1.165, 1.54) is 31.5 Å². The lowest BCUT2D eigenvalue weighted by atomic mass is 9.96. The standard InChI is InChI=1S/C19H28N2OS/c22-19(8-9-23-14-19)13-20-18-7-6-16-11-21(12-17(16)18)10-15-4-2-1-3-5-15/h1-5,16-18,20,22H,6-14H2/t16-,17-,18+,19-/m0/s1. The largest absolute Gasteiger partial charge is 0.388 e. The molecule has 2 heterocycles. The van der Waals surface area contributed by atoms with Gasteiger partial charge in [0.1, 0.15) is 0 Å². The van der Waals surface area contributed by atoms with Crippen LogP contribution in [0.2, 0.25) is 0 Å². The minimum atomic E-state index is -0.453. The number of fused-ring (bicyclic) bond motifs is 1. The molecule has 0 unspecified atom stereocenters. The molecule has 0 bridgehead atoms. The molecule has 1 aromatic rings. The molecule has 0 radical (unpaired) electrons. The number of nitrogens with zero attached hydrogens (tertiary/aromatic N) is 1. The summed E-state index contributed by atoms with van der Waals surface area (Å²) in [5, 5.41) is 14.3. The molecular weight excluding hydrogens is 304 g/mol. The Kier molecular flexibility index (Phi) is 4.68. The Balaban J connectivity index is 1.31. The van der Waals surface area contributed by atoms with Crippen molar-refractivity contribution in [2.75, 3.05) is 31.1 Å². The summed E-state index contributed by atoms with van der Waals surface area (Å²) in [7, 11) is 0. The van der Waals surface area contributed by atoms with E-state index in [-0.39, 0.29) is 0 Å². The summed E-state index contributed by atoms with van der Waals surface area (Å²) in [6.45, 7) is 4.33. The van der Waals surface area contributed by atoms with Gasteiger partial charge in [-0.2, -0.15) is 11.8 Å². The van der Waals surface area contributed by atoms with E-state index in [1.807, 2.05) is 11.8 Å². The highest BCUT2D eigenvalue weighted by Gasteiger charge is 2.43. The molecule has 3 fully saturated rings. The Labute approximate surface area is 143 Å². The number of rotatable bonds is 5. The van der Waals surface area contributed by atoms with Gasteiger partial charge in [0.25, 0.3) is 0 Å². The van der Waals surface area contributed by atoms with Crippen LogP contribution in [0.5, 0.6) is 0 Å². The van der Waals surface area contributed by atoms with Gasteiger partial charge in [0.2, 0.25) is 0 Å². The molecule has 23 heavy (non-hydrogen) atoms. The molecule has 0 aromatic heterocycles. The monoisotopic (exact) mass is 332 g/mol. The van der Waals surface area contributed by atoms with Crippen molar-refractivity contribution in [2.24, 2.45) is 11.8 Å². The van der Waals surface area contributed by atoms with Crippen LogP contribution in [-0.4, -0.2) is 52.8 Å². The fourth-order valence-corrected chi connectivity index (χ4v) is 5.93. The van der Waals surface area contributed by atoms with Crippen molar-refractivity contribution < 1.29 is 5.11 Å². The average Bonchev–Trinajstić information content (AvgIpc) is 3.23. The Bertz CT molecular complexity index is 517. The van der Waals surface area contributed by atoms with Crippen molar-refractivity contribution in [3.05, 3.63) is 35.9 Å². The molecule has 0 spiro atoms. The van der Waals surface area contributed by atoms with Gasteiger partial charge in [0.15, 0.2) is 0 Å². The van der Waals surface area contributed by atoms with Crippen LogP contribution in [0, 0.1) is 11.8 Å². The van der Waals surface area contributed by atoms with Crippen molar-refractivity contribution in [3.8, 4) is 0 Å². The number of aliphatic hydroxyl groups is 1. The molecule has 2 aliphatic heterocycles. The fourth-order valence-electron chi connectivity index (χ4n) is 4.64. The topological polar surface area (TPSA) is 35.5 Å². The Morgan fingerprint density at radius 3 is 2.87 bits per heavy atom. The number of hydrogen-bond donors (Lipinski definition) is 2. The maximum Gasteiger partial charge on any atom is 0.0869 e. The van der Waals surface area contributed by atoms with Gasteiger partial charge in [0, 0.05) is 38.0 Å². The van der Waals surface area contributed by atoms with Gasteiger partial charge < -0.3 is 10.4 Å². The zero-order valence-electron chi connectivity index (χ0n) is 13.8. The van der Waals surface area contributed by atoms with Crippen LogP contribution in [0.4, 0.5) is 0 Å². The minimum Gasteiger partial charge on any atom is -0.388 e. The zero-order chi connectivity index (χ0) is 15.7. The van der Waals surface area contributed by atoms with E-state index in [1.54, 1.807) is 0 Å². The predicted molar refractivity (Wildman–Crippen MR) is 96.6 cm³/mol. The average molecular weight is 333 g/mol. The molecule has 2 N–H and O–H groups in total. The van der Waals surface area contributed by atoms with Crippen molar-refractivity contribution in [1.29, 1.82) is 0 Å². The van der Waals surface area contributed by atoms with E-state index >= 15 is 0 Å². The summed E-state index contributed by atoms with van der Waals surface area (Å²) in [6.07, 6.45) is 3.59. The van der Waals surface area contributed by atoms with Crippen LogP contribution in [-0.2, 0) is 6.54 Å². The van der Waals surface area contributed by atoms with Gasteiger partial charge in [-0.3, -0.25) is 4.90 Å². The van der Waals surface area contributed by atoms with Gasteiger partial charge in [-0.05, 0) is 42.4 Å². The highest BCUT2D eigenvalue weighted by molar-refractivity contribution is 7.99. The van der Waals surface area contributed by atoms with E-state index in [9.17, 15) is 5.11 Å². The lowest BCUT2D eigenvalue weighted by molar-refractivity contribution is 0.0626. The maximum atomic E-state index is 10.5. The maximum absolute atomic E-state index is 10.5. The fraction of sp³-hybridized carbons (Fsp3) is 0.684. The summed E-state index contributed by atoms with van der Waals surface area (Å²) in [5.74, 6) is 3.64. The second-order valence-electron chi connectivity index (χ2n) is 7.70. The molecule has 1 aliphatic carbocycles. The minimum absolute atomic E-state index is 0.453. The summed E-state index contributed by atoms with van der Waals surface area (Å²) >= 11 is 1.89. The van der Waals surface area contributed by atoms with Crippen LogP contribution in [0.25, 0.3) is 0 Å². The molecule has 3 nitrogen and oxygen atoms in total. The van der Waals surface area contributed by atoms with E-state index in [4.69, 9.17) is 0 Å². The van der Waals surface area contributed by atoms with Gasteiger partial charge in [-0.15, -0.1) is 0 Å². The summed E-state index contributed by atoms with van der Waals surface area (Å²) in [4.78, 5) is 2.62. The molecule has 4 atom stereocenters. The molecule has 1 aromatic carbocycles. The number of likely N-dealkylation sites (tertiary alicyclic amines) is 1. The van der Waals surface area contributed by atoms with E-state index in [0.29, 0.717) is 6.04 Å². The van der Waals surface area contributed by atoms with Gasteiger partial charge in [-0.25, -0.2) is 0 Å². The SMILES string of the molecule is O[C@]1(CN[C@@H]2CC[C@H]3CN(Cc4ccccc4)C[C@@H]32)CCSC1. The molecule has 126 valence electrons. The molecule has 3 aliphatic rings. The lowest BCUT2D eigenvalue weighted by Crippen LogP contribution is -2.46. The number of thioether (sulfide) groups is 1. The van der Waals surface area contributed by atoms with E-state index < -0.39 is 5.60 Å².